The van der Waals surface area contributed by atoms with Crippen LogP contribution in [0.4, 0.5) is 5.69 Å². The van der Waals surface area contributed by atoms with Crippen LogP contribution in [0.15, 0.2) is 47.5 Å². The van der Waals surface area contributed by atoms with Gasteiger partial charge in [-0.05, 0) is 30.3 Å². The van der Waals surface area contributed by atoms with E-state index in [0.717, 1.165) is 15.2 Å². The first-order valence-corrected chi connectivity index (χ1v) is 10.8. The number of fused-ring (bicyclic) bond motifs is 1. The lowest BCUT2D eigenvalue weighted by molar-refractivity contribution is -0.129. The average Bonchev–Trinajstić information content (AvgIpc) is 3.22. The molecule has 5 nitrogen and oxygen atoms in total. The van der Waals surface area contributed by atoms with Crippen molar-refractivity contribution >= 4 is 80.1 Å². The highest BCUT2D eigenvalue weighted by atomic mass is 35.5. The van der Waals surface area contributed by atoms with Crippen LogP contribution in [0.25, 0.3) is 16.3 Å². The van der Waals surface area contributed by atoms with E-state index in [9.17, 15) is 9.59 Å². The zero-order valence-corrected chi connectivity index (χ0v) is 17.5. The maximum Gasteiger partial charge on any atom is 0.244 e. The van der Waals surface area contributed by atoms with Gasteiger partial charge in [0.2, 0.25) is 11.8 Å². The number of rotatable bonds is 4. The van der Waals surface area contributed by atoms with Crippen LogP contribution < -0.4 is 5.32 Å². The smallest absolute Gasteiger partial charge is 0.244 e. The van der Waals surface area contributed by atoms with Crippen molar-refractivity contribution in [3.05, 3.63) is 62.5 Å². The van der Waals surface area contributed by atoms with E-state index in [4.69, 9.17) is 23.2 Å². The topological polar surface area (TPSA) is 62.3 Å². The number of thiazole rings is 1. The second-order valence-corrected chi connectivity index (χ2v) is 8.82. The number of amides is 2. The maximum absolute atomic E-state index is 12.4. The Morgan fingerprint density at radius 1 is 1.21 bits per heavy atom. The Morgan fingerprint density at radius 3 is 2.82 bits per heavy atom. The van der Waals surface area contributed by atoms with Gasteiger partial charge in [-0.15, -0.1) is 11.3 Å². The predicted octanol–water partition coefficient (Wildman–Crippen LogP) is 5.12. The number of benzene rings is 2. The minimum atomic E-state index is -0.315. The van der Waals surface area contributed by atoms with E-state index in [0.29, 0.717) is 26.5 Å². The fourth-order valence-electron chi connectivity index (χ4n) is 2.68. The summed E-state index contributed by atoms with van der Waals surface area (Å²) in [5.41, 5.74) is 1.44. The van der Waals surface area contributed by atoms with Gasteiger partial charge in [-0.1, -0.05) is 47.1 Å². The van der Waals surface area contributed by atoms with Crippen LogP contribution in [0, 0.1) is 0 Å². The van der Waals surface area contributed by atoms with Crippen LogP contribution in [0.1, 0.15) is 5.01 Å². The molecule has 28 heavy (non-hydrogen) atoms. The molecule has 2 heterocycles. The number of nitrogens with one attached hydrogen (secondary N) is 1. The summed E-state index contributed by atoms with van der Waals surface area (Å²) in [6, 6.07) is 12.7. The minimum absolute atomic E-state index is 0.0805. The van der Waals surface area contributed by atoms with Crippen molar-refractivity contribution in [2.45, 2.75) is 0 Å². The molecule has 4 rings (SSSR count). The molecular formula is C19H13Cl2N3O2S2. The zero-order chi connectivity index (χ0) is 19.7. The molecule has 1 N–H and O–H groups in total. The molecule has 2 aromatic carbocycles. The van der Waals surface area contributed by atoms with Gasteiger partial charge in [-0.25, -0.2) is 4.98 Å². The molecule has 1 aliphatic rings. The number of halogens is 2. The molecule has 1 aromatic heterocycles. The predicted molar refractivity (Wildman–Crippen MR) is 117 cm³/mol. The standard InChI is InChI=1S/C19H13Cl2N3O2S2/c20-12-6-5-11(7-13(12)21)22-16(25)9-24-18(26)10-27-19(24)8-17-23-14-3-1-2-4-15(14)28-17/h1-8H,9-10H2,(H,22,25)/b19-8+. The highest BCUT2D eigenvalue weighted by molar-refractivity contribution is 8.04. The van der Waals surface area contributed by atoms with E-state index in [-0.39, 0.29) is 18.4 Å². The normalized spacial score (nSPS) is 15.6. The highest BCUT2D eigenvalue weighted by Gasteiger charge is 2.28. The average molecular weight is 450 g/mol. The SMILES string of the molecule is O=C(CN1C(=O)CS/C1=C/c1nc2ccccc2s1)Nc1ccc(Cl)c(Cl)c1. The summed E-state index contributed by atoms with van der Waals surface area (Å²) < 4.78 is 1.08. The third-order valence-corrected chi connectivity index (χ3v) is 6.72. The van der Waals surface area contributed by atoms with Gasteiger partial charge in [0.1, 0.15) is 11.6 Å². The minimum Gasteiger partial charge on any atom is -0.324 e. The van der Waals surface area contributed by atoms with Crippen molar-refractivity contribution in [2.24, 2.45) is 0 Å². The molecule has 0 bridgehead atoms. The third kappa shape index (κ3) is 4.17. The molecule has 142 valence electrons. The lowest BCUT2D eigenvalue weighted by Crippen LogP contribution is -2.33. The van der Waals surface area contributed by atoms with E-state index in [2.05, 4.69) is 10.3 Å². The Labute approximate surface area is 179 Å². The molecule has 0 atom stereocenters. The van der Waals surface area contributed by atoms with Gasteiger partial charge < -0.3 is 5.32 Å². The second-order valence-electron chi connectivity index (χ2n) is 5.95. The van der Waals surface area contributed by atoms with E-state index in [1.807, 2.05) is 30.3 Å². The van der Waals surface area contributed by atoms with Crippen LogP contribution in [-0.2, 0) is 9.59 Å². The summed E-state index contributed by atoms with van der Waals surface area (Å²) in [6.45, 7) is -0.0805. The summed E-state index contributed by atoms with van der Waals surface area (Å²) in [7, 11) is 0. The number of aromatic nitrogens is 1. The maximum atomic E-state index is 12.4. The summed E-state index contributed by atoms with van der Waals surface area (Å²) in [6.07, 6.45) is 1.85. The number of anilines is 1. The Morgan fingerprint density at radius 2 is 2.04 bits per heavy atom. The highest BCUT2D eigenvalue weighted by Crippen LogP contribution is 2.33. The monoisotopic (exact) mass is 449 g/mol. The fraction of sp³-hybridized carbons (Fsp3) is 0.105. The fourth-order valence-corrected chi connectivity index (χ4v) is 4.90. The molecule has 0 radical (unpaired) electrons. The van der Waals surface area contributed by atoms with E-state index in [1.54, 1.807) is 29.5 Å². The van der Waals surface area contributed by atoms with Crippen LogP contribution in [0.5, 0.6) is 0 Å². The van der Waals surface area contributed by atoms with E-state index < -0.39 is 0 Å². The Bertz CT molecular complexity index is 1080. The van der Waals surface area contributed by atoms with Crippen molar-refractivity contribution in [1.29, 1.82) is 0 Å². The first kappa shape index (κ1) is 19.3. The largest absolute Gasteiger partial charge is 0.324 e. The summed E-state index contributed by atoms with van der Waals surface area (Å²) >= 11 is 14.8. The Kier molecular flexibility index (Phi) is 5.59. The van der Waals surface area contributed by atoms with E-state index in [1.165, 1.54) is 16.7 Å². The molecule has 0 saturated carbocycles. The molecule has 9 heteroatoms. The molecule has 2 amide bonds. The van der Waals surface area contributed by atoms with Gasteiger partial charge in [0, 0.05) is 11.8 Å². The number of nitrogens with zero attached hydrogens (tertiary/aromatic N) is 2. The third-order valence-electron chi connectivity index (χ3n) is 3.97. The molecule has 1 saturated heterocycles. The number of carbonyl (C=O) groups excluding carboxylic acids is 2. The molecular weight excluding hydrogens is 437 g/mol. The summed E-state index contributed by atoms with van der Waals surface area (Å²) in [4.78, 5) is 30.7. The van der Waals surface area contributed by atoms with Crippen molar-refractivity contribution in [2.75, 3.05) is 17.6 Å². The molecule has 0 spiro atoms. The van der Waals surface area contributed by atoms with Crippen LogP contribution in [0.2, 0.25) is 10.0 Å². The zero-order valence-electron chi connectivity index (χ0n) is 14.3. The van der Waals surface area contributed by atoms with Gasteiger partial charge in [-0.3, -0.25) is 14.5 Å². The number of thioether (sulfide) groups is 1. The quantitative estimate of drug-likeness (QED) is 0.600. The van der Waals surface area contributed by atoms with Crippen molar-refractivity contribution < 1.29 is 9.59 Å². The number of carbonyl (C=O) groups is 2. The Balaban J connectivity index is 1.50. The lowest BCUT2D eigenvalue weighted by atomic mass is 10.3. The van der Waals surface area contributed by atoms with Gasteiger partial charge in [-0.2, -0.15) is 0 Å². The summed E-state index contributed by atoms with van der Waals surface area (Å²) in [5.74, 6) is -0.123. The van der Waals surface area contributed by atoms with Crippen molar-refractivity contribution in [3.8, 4) is 0 Å². The van der Waals surface area contributed by atoms with Crippen LogP contribution in [0.3, 0.4) is 0 Å². The lowest BCUT2D eigenvalue weighted by Gasteiger charge is -2.16. The molecule has 1 aliphatic heterocycles. The Hall–Kier alpha value is -2.06. The van der Waals surface area contributed by atoms with Gasteiger partial charge in [0.25, 0.3) is 0 Å². The first-order valence-electron chi connectivity index (χ1n) is 8.25. The van der Waals surface area contributed by atoms with Gasteiger partial charge in [0.15, 0.2) is 0 Å². The molecule has 3 aromatic rings. The van der Waals surface area contributed by atoms with Crippen molar-refractivity contribution in [1.82, 2.24) is 9.88 Å². The second kappa shape index (κ2) is 8.13. The number of hydrogen-bond acceptors (Lipinski definition) is 5. The van der Waals surface area contributed by atoms with Crippen molar-refractivity contribution in [3.63, 3.8) is 0 Å². The van der Waals surface area contributed by atoms with E-state index >= 15 is 0 Å². The number of hydrogen-bond donors (Lipinski definition) is 1. The molecule has 0 unspecified atom stereocenters. The first-order chi connectivity index (χ1) is 13.5. The van der Waals surface area contributed by atoms with Gasteiger partial charge >= 0.3 is 0 Å². The summed E-state index contributed by atoms with van der Waals surface area (Å²) in [5, 5.41) is 5.01. The molecule has 0 aliphatic carbocycles. The van der Waals surface area contributed by atoms with Crippen LogP contribution >= 0.6 is 46.3 Å². The molecule has 1 fully saturated rings. The van der Waals surface area contributed by atoms with Gasteiger partial charge in [0.05, 0.1) is 31.0 Å². The van der Waals surface area contributed by atoms with Crippen LogP contribution in [-0.4, -0.2) is 34.0 Å². The number of para-hydroxylation sites is 1.